The maximum Gasteiger partial charge on any atom is 2.00 e. The summed E-state index contributed by atoms with van der Waals surface area (Å²) in [7, 11) is 0. The molecule has 0 N–H and O–H groups in total. The summed E-state index contributed by atoms with van der Waals surface area (Å²) in [6.45, 7) is 4.91. The fourth-order valence-corrected chi connectivity index (χ4v) is 1.98. The van der Waals surface area contributed by atoms with Crippen LogP contribution in [0.2, 0.25) is 0 Å². The summed E-state index contributed by atoms with van der Waals surface area (Å²) in [5, 5.41) is 0. The summed E-state index contributed by atoms with van der Waals surface area (Å²) in [4.78, 5) is 10.8. The smallest absolute Gasteiger partial charge is 0.819 e. The van der Waals surface area contributed by atoms with Crippen LogP contribution in [0.3, 0.4) is 0 Å². The minimum absolute atomic E-state index is 0. The Bertz CT molecular complexity index is 185. The van der Waals surface area contributed by atoms with Gasteiger partial charge in [0.2, 0.25) is 0 Å². The molecular weight excluding hydrogens is 301 g/mol. The zero-order chi connectivity index (χ0) is 11.0. The van der Waals surface area contributed by atoms with Crippen LogP contribution in [0.5, 0.6) is 0 Å². The van der Waals surface area contributed by atoms with Crippen LogP contribution in [0.1, 0.15) is 46.0 Å². The Morgan fingerprint density at radius 3 is 2.27 bits per heavy atom. The van der Waals surface area contributed by atoms with Crippen LogP contribution in [0.4, 0.5) is 0 Å². The molecule has 0 bridgehead atoms. The molecule has 15 heavy (non-hydrogen) atoms. The molecule has 0 aliphatic heterocycles. The van der Waals surface area contributed by atoms with Gasteiger partial charge in [0.25, 0.3) is 0 Å². The molecule has 1 unspecified atom stereocenters. The van der Waals surface area contributed by atoms with E-state index < -0.39 is 5.69 Å². The summed E-state index contributed by atoms with van der Waals surface area (Å²) in [5.41, 5.74) is -3.07. The molecule has 0 amide bonds. The van der Waals surface area contributed by atoms with E-state index in [1.54, 1.807) is 0 Å². The van der Waals surface area contributed by atoms with Crippen molar-refractivity contribution in [3.8, 4) is 0 Å². The second-order valence-corrected chi connectivity index (χ2v) is 8.61. The third kappa shape index (κ3) is 18.1. The second kappa shape index (κ2) is 10.7. The first-order valence-corrected chi connectivity index (χ1v) is 8.73. The fraction of sp³-hybridized carbons (Fsp3) is 1.00. The Kier molecular flexibility index (Phi) is 13.5. The van der Waals surface area contributed by atoms with E-state index in [1.807, 2.05) is 0 Å². The van der Waals surface area contributed by atoms with Crippen molar-refractivity contribution in [2.24, 2.45) is 5.92 Å². The van der Waals surface area contributed by atoms with Gasteiger partial charge in [-0.05, 0) is 12.3 Å². The first kappa shape index (κ1) is 18.9. The summed E-state index contributed by atoms with van der Waals surface area (Å²) in [6, 6.07) is 0. The minimum Gasteiger partial charge on any atom is -0.819 e. The topological polar surface area (TPSA) is 32.3 Å². The van der Waals surface area contributed by atoms with Gasteiger partial charge in [0.1, 0.15) is 0 Å². The Hall–Kier alpha value is 1.54. The molecule has 1 atom stereocenters. The van der Waals surface area contributed by atoms with Gasteiger partial charge in [0.15, 0.2) is 0 Å². The molecule has 0 spiro atoms. The van der Waals surface area contributed by atoms with Gasteiger partial charge in [-0.1, -0.05) is 39.5 Å². The maximum absolute atomic E-state index is 10.8. The average Bonchev–Trinajstić information content (AvgIpc) is 2.00. The fourth-order valence-electron chi connectivity index (χ4n) is 1.18. The van der Waals surface area contributed by atoms with E-state index in [0.29, 0.717) is 6.61 Å². The summed E-state index contributed by atoms with van der Waals surface area (Å²) in [6.07, 6.45) is 5.77. The van der Waals surface area contributed by atoms with Crippen molar-refractivity contribution >= 4 is 29.7 Å². The number of hydrogen-bond acceptors (Lipinski definition) is 4. The Balaban J connectivity index is 0. The van der Waals surface area contributed by atoms with Crippen molar-refractivity contribution in [1.29, 1.82) is 0 Å². The Morgan fingerprint density at radius 1 is 1.27 bits per heavy atom. The van der Waals surface area contributed by atoms with E-state index in [0.717, 1.165) is 18.8 Å². The zero-order valence-electron chi connectivity index (χ0n) is 9.61. The molecule has 0 aromatic heterocycles. The van der Waals surface area contributed by atoms with Crippen LogP contribution in [-0.4, -0.2) is 6.61 Å². The number of unbranched alkanes of at least 4 members (excludes halogenated alkanes) is 3. The van der Waals surface area contributed by atoms with Gasteiger partial charge in [0.05, 0.1) is 0 Å². The van der Waals surface area contributed by atoms with E-state index in [4.69, 9.17) is 4.52 Å². The molecular formula is C9H19O2PS2Zn. The van der Waals surface area contributed by atoms with Crippen molar-refractivity contribution in [3.05, 3.63) is 0 Å². The van der Waals surface area contributed by atoms with Gasteiger partial charge in [-0.25, -0.2) is 0 Å². The molecule has 0 radical (unpaired) electrons. The van der Waals surface area contributed by atoms with Crippen molar-refractivity contribution in [2.75, 3.05) is 6.61 Å². The summed E-state index contributed by atoms with van der Waals surface area (Å²) < 4.78 is 4.84. The SMILES string of the molecule is CC(C)CCCCCCOP([O-])(=S)[S-].[Zn+2]. The predicted octanol–water partition coefficient (Wildman–Crippen LogP) is 2.74. The molecule has 0 saturated heterocycles. The average molecular weight is 320 g/mol. The quantitative estimate of drug-likeness (QED) is 0.298. The third-order valence-corrected chi connectivity index (χ3v) is 3.06. The van der Waals surface area contributed by atoms with Crippen molar-refractivity contribution in [2.45, 2.75) is 46.0 Å². The first-order valence-electron chi connectivity index (χ1n) is 5.08. The van der Waals surface area contributed by atoms with Crippen molar-refractivity contribution in [1.82, 2.24) is 0 Å². The predicted molar refractivity (Wildman–Crippen MR) is 65.5 cm³/mol. The van der Waals surface area contributed by atoms with E-state index in [-0.39, 0.29) is 19.5 Å². The van der Waals surface area contributed by atoms with E-state index in [9.17, 15) is 4.89 Å². The zero-order valence-corrected chi connectivity index (χ0v) is 15.1. The molecule has 0 aromatic rings. The summed E-state index contributed by atoms with van der Waals surface area (Å²) in [5.74, 6) is 0.784. The maximum atomic E-state index is 10.8. The monoisotopic (exact) mass is 318 g/mol. The van der Waals surface area contributed by atoms with Crippen molar-refractivity contribution in [3.63, 3.8) is 0 Å². The molecule has 0 rings (SSSR count). The van der Waals surface area contributed by atoms with Crippen LogP contribution in [0.15, 0.2) is 0 Å². The van der Waals surface area contributed by atoms with Gasteiger partial charge < -0.3 is 21.7 Å². The molecule has 2 nitrogen and oxygen atoms in total. The van der Waals surface area contributed by atoms with Gasteiger partial charge in [-0.15, -0.1) is 17.5 Å². The molecule has 0 aliphatic rings. The van der Waals surface area contributed by atoms with Gasteiger partial charge in [-0.3, -0.25) is 0 Å². The van der Waals surface area contributed by atoms with E-state index >= 15 is 0 Å². The van der Waals surface area contributed by atoms with E-state index in [2.05, 4.69) is 37.9 Å². The second-order valence-electron chi connectivity index (χ2n) is 3.88. The van der Waals surface area contributed by atoms with Crippen molar-refractivity contribution < 1.29 is 28.9 Å². The molecule has 6 heteroatoms. The van der Waals surface area contributed by atoms with Crippen LogP contribution in [0, 0.1) is 5.92 Å². The Labute approximate surface area is 117 Å². The largest absolute Gasteiger partial charge is 2.00 e. The standard InChI is InChI=1S/C9H21O2PS2.Zn/c1-9(2)7-5-3-4-6-8-11-12(10,13)14;/h9H,3-8H2,1-2H3,(H2,10,13,14);/q;+2/p-2. The summed E-state index contributed by atoms with van der Waals surface area (Å²) >= 11 is 8.94. The van der Waals surface area contributed by atoms with Gasteiger partial charge in [0, 0.05) is 6.61 Å². The normalized spacial score (nSPS) is 14.7. The van der Waals surface area contributed by atoms with Crippen LogP contribution < -0.4 is 4.89 Å². The molecule has 86 valence electrons. The third-order valence-electron chi connectivity index (χ3n) is 1.93. The van der Waals surface area contributed by atoms with Gasteiger partial charge >= 0.3 is 19.5 Å². The minimum atomic E-state index is -3.07. The number of rotatable bonds is 8. The molecule has 0 heterocycles. The van der Waals surface area contributed by atoms with Crippen LogP contribution >= 0.6 is 5.69 Å². The molecule has 0 saturated carbocycles. The Morgan fingerprint density at radius 2 is 1.80 bits per heavy atom. The first-order chi connectivity index (χ1) is 6.42. The number of hydrogen-bond donors (Lipinski definition) is 0. The van der Waals surface area contributed by atoms with Crippen LogP contribution in [0.25, 0.3) is 0 Å². The molecule has 0 fully saturated rings. The molecule has 0 aliphatic carbocycles. The molecule has 0 aromatic carbocycles. The van der Waals surface area contributed by atoms with Gasteiger partial charge in [-0.2, -0.15) is 0 Å². The van der Waals surface area contributed by atoms with E-state index in [1.165, 1.54) is 19.3 Å². The van der Waals surface area contributed by atoms with Crippen LogP contribution in [-0.2, 0) is 48.1 Å².